The molecule has 0 fully saturated rings. The summed E-state index contributed by atoms with van der Waals surface area (Å²) in [4.78, 5) is 11.8. The van der Waals surface area contributed by atoms with Gasteiger partial charge in [-0.1, -0.05) is 24.3 Å². The van der Waals surface area contributed by atoms with Crippen molar-refractivity contribution in [2.24, 2.45) is 0 Å². The number of carbonyl (C=O) groups is 1. The molecule has 4 aromatic rings. The van der Waals surface area contributed by atoms with Crippen LogP contribution in [-0.4, -0.2) is 30.9 Å². The van der Waals surface area contributed by atoms with Crippen LogP contribution < -0.4 is 0 Å². The van der Waals surface area contributed by atoms with Crippen LogP contribution in [0.15, 0.2) is 60.0 Å². The quantitative estimate of drug-likeness (QED) is 0.263. The molecule has 0 spiro atoms. The molecule has 0 aliphatic heterocycles. The number of hydroxylamine groups is 2. The van der Waals surface area contributed by atoms with E-state index in [9.17, 15) is 18.4 Å². The molecule has 2 aromatic carbocycles. The minimum atomic E-state index is -3.58. The van der Waals surface area contributed by atoms with Crippen molar-refractivity contribution in [1.82, 2.24) is 5.06 Å². The summed E-state index contributed by atoms with van der Waals surface area (Å²) in [5.74, 6) is -0.496. The highest BCUT2D eigenvalue weighted by Gasteiger charge is 2.27. The second-order valence-corrected chi connectivity index (χ2v) is 10.7. The molecule has 0 unspecified atom stereocenters. The third-order valence-electron chi connectivity index (χ3n) is 4.52. The smallest absolute Gasteiger partial charge is 0.233 e. The van der Waals surface area contributed by atoms with Gasteiger partial charge in [-0.05, 0) is 52.0 Å². The third-order valence-corrected chi connectivity index (χ3v) is 8.23. The van der Waals surface area contributed by atoms with Gasteiger partial charge < -0.3 is 0 Å². The number of hydrogen-bond acceptors (Lipinski definition) is 6. The molecule has 2 aromatic heterocycles. The molecule has 1 N–H and O–H groups in total. The average molecular weight is 432 g/mol. The minimum Gasteiger partial charge on any atom is -0.285 e. The minimum absolute atomic E-state index is 0.146. The topological polar surface area (TPSA) is 74.7 Å². The molecule has 144 valence electrons. The van der Waals surface area contributed by atoms with E-state index in [1.165, 1.54) is 11.3 Å². The van der Waals surface area contributed by atoms with Crippen LogP contribution in [0.1, 0.15) is 16.5 Å². The summed E-state index contributed by atoms with van der Waals surface area (Å²) in [6, 6.07) is 16.1. The number of rotatable bonds is 7. The Balaban J connectivity index is 1.62. The van der Waals surface area contributed by atoms with Gasteiger partial charge in [-0.25, -0.2) is 13.5 Å². The Hall–Kier alpha value is -2.26. The molecule has 8 heteroatoms. The summed E-state index contributed by atoms with van der Waals surface area (Å²) in [6.45, 7) is 0. The van der Waals surface area contributed by atoms with Crippen molar-refractivity contribution in [2.45, 2.75) is 11.8 Å². The zero-order valence-corrected chi connectivity index (χ0v) is 17.1. The molecule has 1 atom stereocenters. The molecule has 0 saturated heterocycles. The maximum Gasteiger partial charge on any atom is 0.233 e. The lowest BCUT2D eigenvalue weighted by atomic mass is 10.2. The Kier molecular flexibility index (Phi) is 5.20. The van der Waals surface area contributed by atoms with Crippen LogP contribution in [0.25, 0.3) is 20.2 Å². The second kappa shape index (κ2) is 7.63. The number of sulfone groups is 1. The van der Waals surface area contributed by atoms with Gasteiger partial charge in [-0.15, -0.1) is 22.7 Å². The van der Waals surface area contributed by atoms with Crippen molar-refractivity contribution in [3.63, 3.8) is 0 Å². The molecule has 0 bridgehead atoms. The molecule has 1 amide bonds. The van der Waals surface area contributed by atoms with Gasteiger partial charge in [0.2, 0.25) is 6.41 Å². The van der Waals surface area contributed by atoms with Crippen molar-refractivity contribution in [3.05, 3.63) is 70.4 Å². The van der Waals surface area contributed by atoms with Gasteiger partial charge in [0.15, 0.2) is 9.84 Å². The standard InChI is InChI=1S/C20H17NO4S3/c22-13-21(23)17(20-10-15-3-1-2-4-19(15)27-20)12-28(24,25)11-14-5-6-18-16(9-14)7-8-26-18/h1-10,13,17,23H,11-12H2/t17-/m1/s1. The maximum absolute atomic E-state index is 12.8. The van der Waals surface area contributed by atoms with Crippen molar-refractivity contribution < 1.29 is 18.4 Å². The zero-order valence-electron chi connectivity index (χ0n) is 14.7. The second-order valence-electron chi connectivity index (χ2n) is 6.54. The predicted molar refractivity (Wildman–Crippen MR) is 114 cm³/mol. The molecule has 0 aliphatic carbocycles. The third kappa shape index (κ3) is 3.95. The number of carbonyl (C=O) groups excluding carboxylic acids is 1. The Morgan fingerprint density at radius 3 is 2.61 bits per heavy atom. The zero-order chi connectivity index (χ0) is 19.7. The van der Waals surface area contributed by atoms with Crippen molar-refractivity contribution >= 4 is 59.1 Å². The van der Waals surface area contributed by atoms with Crippen molar-refractivity contribution in [2.75, 3.05) is 5.75 Å². The van der Waals surface area contributed by atoms with E-state index >= 15 is 0 Å². The number of benzene rings is 2. The first-order chi connectivity index (χ1) is 13.4. The van der Waals surface area contributed by atoms with E-state index in [1.54, 1.807) is 17.4 Å². The molecule has 0 aliphatic rings. The van der Waals surface area contributed by atoms with E-state index < -0.39 is 15.9 Å². The van der Waals surface area contributed by atoms with Gasteiger partial charge in [-0.3, -0.25) is 10.0 Å². The summed E-state index contributed by atoms with van der Waals surface area (Å²) in [5.41, 5.74) is 0.691. The number of thiophene rings is 2. The summed E-state index contributed by atoms with van der Waals surface area (Å²) in [7, 11) is -3.58. The predicted octanol–water partition coefficient (Wildman–Crippen LogP) is 4.62. The van der Waals surface area contributed by atoms with Crippen molar-refractivity contribution in [3.8, 4) is 0 Å². The lowest BCUT2D eigenvalue weighted by molar-refractivity contribution is -0.158. The van der Waals surface area contributed by atoms with Gasteiger partial charge in [-0.2, -0.15) is 0 Å². The Morgan fingerprint density at radius 2 is 1.82 bits per heavy atom. The molecule has 28 heavy (non-hydrogen) atoms. The van der Waals surface area contributed by atoms with Crippen LogP contribution in [0.4, 0.5) is 0 Å². The number of hydrogen-bond donors (Lipinski definition) is 1. The SMILES string of the molecule is O=CN(O)[C@H](CS(=O)(=O)Cc1ccc2sccc2c1)c1cc2ccccc2s1. The van der Waals surface area contributed by atoms with Crippen LogP contribution in [0.5, 0.6) is 0 Å². The van der Waals surface area contributed by atoms with E-state index in [0.717, 1.165) is 20.2 Å². The highest BCUT2D eigenvalue weighted by atomic mass is 32.2. The van der Waals surface area contributed by atoms with Gasteiger partial charge in [0.25, 0.3) is 0 Å². The highest BCUT2D eigenvalue weighted by molar-refractivity contribution is 7.90. The molecule has 4 rings (SSSR count). The van der Waals surface area contributed by atoms with Crippen LogP contribution in [0, 0.1) is 0 Å². The Morgan fingerprint density at radius 1 is 1.04 bits per heavy atom. The molecular weight excluding hydrogens is 414 g/mol. The van der Waals surface area contributed by atoms with E-state index in [4.69, 9.17) is 0 Å². The van der Waals surface area contributed by atoms with Crippen LogP contribution in [0.3, 0.4) is 0 Å². The molecule has 2 heterocycles. The van der Waals surface area contributed by atoms with Crippen LogP contribution in [-0.2, 0) is 20.4 Å². The highest BCUT2D eigenvalue weighted by Crippen LogP contribution is 2.33. The van der Waals surface area contributed by atoms with E-state index in [1.807, 2.05) is 53.9 Å². The van der Waals surface area contributed by atoms with Gasteiger partial charge >= 0.3 is 0 Å². The van der Waals surface area contributed by atoms with Gasteiger partial charge in [0, 0.05) is 14.3 Å². The average Bonchev–Trinajstić information content (AvgIpc) is 3.31. The number of fused-ring (bicyclic) bond motifs is 2. The number of nitrogens with zero attached hydrogens (tertiary/aromatic N) is 1. The van der Waals surface area contributed by atoms with E-state index in [-0.39, 0.29) is 17.9 Å². The van der Waals surface area contributed by atoms with Gasteiger partial charge in [0.05, 0.1) is 11.5 Å². The first kappa shape index (κ1) is 19.1. The van der Waals surface area contributed by atoms with Crippen LogP contribution in [0.2, 0.25) is 0 Å². The molecule has 0 saturated carbocycles. The first-order valence-corrected chi connectivity index (χ1v) is 12.0. The lowest BCUT2D eigenvalue weighted by Gasteiger charge is -2.21. The Bertz CT molecular complexity index is 1210. The molecule has 5 nitrogen and oxygen atoms in total. The summed E-state index contributed by atoms with van der Waals surface area (Å²) < 4.78 is 27.8. The molecular formula is C20H17NO4S3. The van der Waals surface area contributed by atoms with Crippen LogP contribution >= 0.6 is 22.7 Å². The molecule has 0 radical (unpaired) electrons. The fourth-order valence-corrected chi connectivity index (χ4v) is 6.84. The summed E-state index contributed by atoms with van der Waals surface area (Å²) >= 11 is 2.98. The summed E-state index contributed by atoms with van der Waals surface area (Å²) in [6.07, 6.45) is 0.252. The first-order valence-electron chi connectivity index (χ1n) is 8.53. The maximum atomic E-state index is 12.8. The monoisotopic (exact) mass is 431 g/mol. The van der Waals surface area contributed by atoms with E-state index in [2.05, 4.69) is 0 Å². The largest absolute Gasteiger partial charge is 0.285 e. The lowest BCUT2D eigenvalue weighted by Crippen LogP contribution is -2.30. The fraction of sp³-hybridized carbons (Fsp3) is 0.150. The van der Waals surface area contributed by atoms with Gasteiger partial charge in [0.1, 0.15) is 6.04 Å². The normalized spacial score (nSPS) is 13.0. The fourth-order valence-electron chi connectivity index (χ4n) is 3.19. The number of amides is 1. The summed E-state index contributed by atoms with van der Waals surface area (Å²) in [5, 5.41) is 14.4. The van der Waals surface area contributed by atoms with Crippen molar-refractivity contribution in [1.29, 1.82) is 0 Å². The Labute approximate surface area is 170 Å². The van der Waals surface area contributed by atoms with E-state index in [0.29, 0.717) is 15.5 Å².